The molecule has 0 aromatic heterocycles. The molecule has 0 saturated carbocycles. The Morgan fingerprint density at radius 2 is 0.760 bits per heavy atom. The molecule has 2 aromatic carbocycles. The van der Waals surface area contributed by atoms with E-state index in [9.17, 15) is 0 Å². The van der Waals surface area contributed by atoms with Gasteiger partial charge in [0.25, 0.3) is 0 Å². The van der Waals surface area contributed by atoms with E-state index in [-0.39, 0.29) is 31.0 Å². The predicted octanol–water partition coefficient (Wildman–Crippen LogP) is -0.518. The number of rotatable bonds is 0. The Hall–Kier alpha value is 0.500. The van der Waals surface area contributed by atoms with Crippen molar-refractivity contribution < 1.29 is 60.3 Å². The van der Waals surface area contributed by atoms with Gasteiger partial charge in [-0.25, -0.2) is 0 Å². The molecule has 0 amide bonds. The Bertz CT molecular complexity index is 566. The van der Waals surface area contributed by atoms with Crippen LogP contribution in [0.15, 0.2) is 60.7 Å². The van der Waals surface area contributed by atoms with Crippen molar-refractivity contribution in [1.82, 2.24) is 0 Å². The van der Waals surface area contributed by atoms with Crippen molar-refractivity contribution >= 4 is 37.1 Å². The van der Waals surface area contributed by atoms with E-state index in [0.29, 0.717) is 0 Å². The minimum atomic E-state index is -3.81. The van der Waals surface area contributed by atoms with E-state index in [1.54, 1.807) is 0 Å². The first-order valence-corrected chi connectivity index (χ1v) is 11.7. The van der Waals surface area contributed by atoms with Crippen LogP contribution in [0.4, 0.5) is 0 Å². The third-order valence-corrected chi connectivity index (χ3v) is 1.88. The van der Waals surface area contributed by atoms with Gasteiger partial charge in [0, 0.05) is 0 Å². The van der Waals surface area contributed by atoms with E-state index in [2.05, 4.69) is 61.7 Å². The van der Waals surface area contributed by atoms with Gasteiger partial charge in [0.1, 0.15) is 0 Å². The smallest absolute Gasteiger partial charge is 1.00 e. The van der Waals surface area contributed by atoms with Crippen molar-refractivity contribution in [2.75, 3.05) is 0 Å². The Labute approximate surface area is 182 Å². The molecule has 2 rings (SSSR count). The predicted molar refractivity (Wildman–Crippen MR) is 105 cm³/mol. The standard InChI is InChI=1S/2C7H8.Na.2H3O3PS.H/c2*1-7-5-3-2-4-6-7;;2*1-4(2,3)5;/h2*2-6H,1H3;;2*(H3,1,2,3,5);/q;;+1;;;-1. The van der Waals surface area contributed by atoms with Crippen molar-refractivity contribution in [3.05, 3.63) is 71.8 Å². The fourth-order valence-corrected chi connectivity index (χ4v) is 1.07. The van der Waals surface area contributed by atoms with Gasteiger partial charge in [-0.2, -0.15) is 0 Å². The largest absolute Gasteiger partial charge is 1.00 e. The molecule has 6 nitrogen and oxygen atoms in total. The van der Waals surface area contributed by atoms with Crippen molar-refractivity contribution in [3.63, 3.8) is 0 Å². The van der Waals surface area contributed by atoms with Gasteiger partial charge < -0.3 is 30.8 Å². The summed E-state index contributed by atoms with van der Waals surface area (Å²) in [5.74, 6) is 0. The molecular formula is C14H23NaO6P2S2. The molecule has 0 atom stereocenters. The average molecular weight is 436 g/mol. The van der Waals surface area contributed by atoms with Crippen LogP contribution in [0.1, 0.15) is 12.6 Å². The number of hydrogen-bond acceptors (Lipinski definition) is 2. The van der Waals surface area contributed by atoms with Crippen LogP contribution in [-0.2, 0) is 23.6 Å². The average Bonchev–Trinajstić information content (AvgIpc) is 2.37. The second kappa shape index (κ2) is 16.7. The zero-order valence-corrected chi connectivity index (χ0v) is 19.6. The van der Waals surface area contributed by atoms with Gasteiger partial charge >= 0.3 is 43.0 Å². The first-order chi connectivity index (χ1) is 10.8. The summed E-state index contributed by atoms with van der Waals surface area (Å²) >= 11 is 7.21. The molecule has 138 valence electrons. The van der Waals surface area contributed by atoms with Crippen LogP contribution in [0, 0.1) is 13.8 Å². The molecule has 0 bridgehead atoms. The summed E-state index contributed by atoms with van der Waals surface area (Å²) in [5.41, 5.74) is 2.64. The summed E-state index contributed by atoms with van der Waals surface area (Å²) in [6, 6.07) is 20.5. The zero-order valence-electron chi connectivity index (χ0n) is 15.2. The number of aryl methyl sites for hydroxylation is 2. The molecular weight excluding hydrogens is 413 g/mol. The topological polar surface area (TPSA) is 121 Å². The molecule has 0 heterocycles. The van der Waals surface area contributed by atoms with Gasteiger partial charge in [-0.3, -0.25) is 0 Å². The normalized spacial score (nSPS) is 9.60. The third kappa shape index (κ3) is 45.6. The van der Waals surface area contributed by atoms with Gasteiger partial charge in [-0.15, -0.1) is 0 Å². The molecule has 25 heavy (non-hydrogen) atoms. The molecule has 0 aliphatic rings. The molecule has 11 heteroatoms. The summed E-state index contributed by atoms with van der Waals surface area (Å²) in [6.07, 6.45) is 0. The fraction of sp³-hybridized carbons (Fsp3) is 0.143. The molecule has 0 saturated heterocycles. The van der Waals surface area contributed by atoms with Crippen LogP contribution in [0.25, 0.3) is 0 Å². The van der Waals surface area contributed by atoms with Crippen molar-refractivity contribution in [2.45, 2.75) is 13.8 Å². The summed E-state index contributed by atoms with van der Waals surface area (Å²) < 4.78 is 0. The zero-order chi connectivity index (χ0) is 19.2. The maximum Gasteiger partial charge on any atom is 1.00 e. The van der Waals surface area contributed by atoms with E-state index in [4.69, 9.17) is 29.4 Å². The summed E-state index contributed by atoms with van der Waals surface area (Å²) in [6.45, 7) is -3.44. The summed E-state index contributed by atoms with van der Waals surface area (Å²) in [4.78, 5) is 45.3. The Kier molecular flexibility index (Phi) is 20.1. The maximum atomic E-state index is 7.56. The van der Waals surface area contributed by atoms with Gasteiger partial charge in [0.2, 0.25) is 0 Å². The molecule has 0 aliphatic heterocycles. The molecule has 2 aromatic rings. The quantitative estimate of drug-likeness (QED) is 0.241. The number of hydrogen-bond donors (Lipinski definition) is 6. The first kappa shape index (κ1) is 30.2. The Balaban J connectivity index is -0.000000123. The molecule has 0 aliphatic carbocycles. The molecule has 0 radical (unpaired) electrons. The monoisotopic (exact) mass is 436 g/mol. The van der Waals surface area contributed by atoms with Crippen LogP contribution in [0.5, 0.6) is 0 Å². The Morgan fingerprint density at radius 3 is 0.840 bits per heavy atom. The Morgan fingerprint density at radius 1 is 0.600 bits per heavy atom. The van der Waals surface area contributed by atoms with E-state index < -0.39 is 13.4 Å². The van der Waals surface area contributed by atoms with E-state index in [0.717, 1.165) is 0 Å². The maximum absolute atomic E-state index is 7.56. The van der Waals surface area contributed by atoms with E-state index >= 15 is 0 Å². The van der Waals surface area contributed by atoms with Crippen LogP contribution in [0.2, 0.25) is 0 Å². The minimum absolute atomic E-state index is 0. The van der Waals surface area contributed by atoms with Gasteiger partial charge in [-0.1, -0.05) is 71.8 Å². The van der Waals surface area contributed by atoms with Crippen LogP contribution in [0.3, 0.4) is 0 Å². The molecule has 0 spiro atoms. The fourth-order valence-electron chi connectivity index (χ4n) is 1.07. The molecule has 0 unspecified atom stereocenters. The van der Waals surface area contributed by atoms with Crippen LogP contribution < -0.4 is 29.6 Å². The number of benzene rings is 2. The van der Waals surface area contributed by atoms with Crippen molar-refractivity contribution in [1.29, 1.82) is 0 Å². The molecule has 6 N–H and O–H groups in total. The van der Waals surface area contributed by atoms with Crippen LogP contribution in [-0.4, -0.2) is 29.4 Å². The van der Waals surface area contributed by atoms with Gasteiger partial charge in [-0.05, 0) is 37.5 Å². The minimum Gasteiger partial charge on any atom is -1.00 e. The van der Waals surface area contributed by atoms with Gasteiger partial charge in [0.15, 0.2) is 0 Å². The molecule has 0 fully saturated rings. The van der Waals surface area contributed by atoms with Gasteiger partial charge in [0.05, 0.1) is 0 Å². The first-order valence-electron chi connectivity index (χ1n) is 6.39. The SMILES string of the molecule is Cc1ccccc1.Cc1ccccc1.OP(O)(O)=S.OP(O)(O)=S.[H-].[Na+]. The third-order valence-electron chi connectivity index (χ3n) is 1.88. The van der Waals surface area contributed by atoms with Crippen molar-refractivity contribution in [2.24, 2.45) is 0 Å². The van der Waals surface area contributed by atoms with Crippen LogP contribution >= 0.6 is 13.4 Å². The second-order valence-corrected chi connectivity index (χ2v) is 9.33. The van der Waals surface area contributed by atoms with Crippen molar-refractivity contribution in [3.8, 4) is 0 Å². The summed E-state index contributed by atoms with van der Waals surface area (Å²) in [7, 11) is 0. The van der Waals surface area contributed by atoms with E-state index in [1.165, 1.54) is 11.1 Å². The second-order valence-electron chi connectivity index (χ2n) is 4.34. The van der Waals surface area contributed by atoms with E-state index in [1.807, 2.05) is 36.4 Å². The summed E-state index contributed by atoms with van der Waals surface area (Å²) in [5, 5.41) is 0.